The van der Waals surface area contributed by atoms with Crippen LogP contribution in [0.4, 0.5) is 0 Å². The predicted molar refractivity (Wildman–Crippen MR) is 82.0 cm³/mol. The molecule has 1 N–H and O–H groups in total. The van der Waals surface area contributed by atoms with Gasteiger partial charge in [-0.25, -0.2) is 0 Å². The van der Waals surface area contributed by atoms with Crippen molar-refractivity contribution >= 4 is 17.5 Å². The molecule has 2 aromatic rings. The maximum absolute atomic E-state index is 12.7. The van der Waals surface area contributed by atoms with Crippen molar-refractivity contribution < 1.29 is 9.53 Å². The van der Waals surface area contributed by atoms with E-state index in [0.717, 1.165) is 5.69 Å². The van der Waals surface area contributed by atoms with Gasteiger partial charge in [-0.05, 0) is 18.2 Å². The van der Waals surface area contributed by atoms with E-state index in [-0.39, 0.29) is 17.9 Å². The zero-order valence-corrected chi connectivity index (χ0v) is 13.1. The van der Waals surface area contributed by atoms with Crippen molar-refractivity contribution in [3.8, 4) is 6.07 Å². The first kappa shape index (κ1) is 15.5. The van der Waals surface area contributed by atoms with Gasteiger partial charge in [-0.15, -0.1) is 0 Å². The number of aromatic nitrogens is 3. The molecule has 118 valence electrons. The van der Waals surface area contributed by atoms with E-state index in [0.29, 0.717) is 29.2 Å². The molecule has 1 aliphatic heterocycles. The van der Waals surface area contributed by atoms with Crippen LogP contribution < -0.4 is 0 Å². The second kappa shape index (κ2) is 6.36. The van der Waals surface area contributed by atoms with Crippen molar-refractivity contribution in [3.63, 3.8) is 0 Å². The molecule has 1 aliphatic rings. The van der Waals surface area contributed by atoms with Crippen molar-refractivity contribution in [3.05, 3.63) is 46.2 Å². The summed E-state index contributed by atoms with van der Waals surface area (Å²) in [7, 11) is 1.61. The number of hydrogen-bond donors (Lipinski definition) is 1. The lowest BCUT2D eigenvalue weighted by Gasteiger charge is -2.17. The second-order valence-electron chi connectivity index (χ2n) is 5.29. The van der Waals surface area contributed by atoms with Crippen LogP contribution in [0, 0.1) is 11.3 Å². The Balaban J connectivity index is 1.85. The number of carbonyl (C=O) groups excluding carboxylic acids is 1. The minimum Gasteiger partial charge on any atom is -0.379 e. The first-order valence-corrected chi connectivity index (χ1v) is 7.39. The fourth-order valence-corrected chi connectivity index (χ4v) is 2.98. The van der Waals surface area contributed by atoms with E-state index in [2.05, 4.69) is 15.4 Å². The minimum atomic E-state index is -0.222. The Morgan fingerprint density at radius 3 is 3.00 bits per heavy atom. The number of rotatable bonds is 3. The van der Waals surface area contributed by atoms with E-state index in [1.54, 1.807) is 30.3 Å². The van der Waals surface area contributed by atoms with Gasteiger partial charge in [0.15, 0.2) is 0 Å². The average Bonchev–Trinajstić information content (AvgIpc) is 3.23. The molecule has 8 heteroatoms. The van der Waals surface area contributed by atoms with Crippen LogP contribution in [0.15, 0.2) is 24.4 Å². The Labute approximate surface area is 137 Å². The molecule has 7 nitrogen and oxygen atoms in total. The molecule has 2 atom stereocenters. The van der Waals surface area contributed by atoms with Crippen molar-refractivity contribution in [2.75, 3.05) is 20.2 Å². The number of likely N-dealkylation sites (tertiary alicyclic amines) is 1. The molecule has 0 saturated carbocycles. The summed E-state index contributed by atoms with van der Waals surface area (Å²) in [6.45, 7) is 0.886. The number of benzene rings is 1. The summed E-state index contributed by atoms with van der Waals surface area (Å²) in [6.07, 6.45) is 1.47. The number of H-pyrrole nitrogens is 1. The number of hydrogen-bond acceptors (Lipinski definition) is 5. The molecule has 1 aromatic carbocycles. The lowest BCUT2D eigenvalue weighted by atomic mass is 10.0. The largest absolute Gasteiger partial charge is 0.379 e. The minimum absolute atomic E-state index is 0.0550. The zero-order valence-electron chi connectivity index (χ0n) is 12.4. The maximum Gasteiger partial charge on any atom is 0.255 e. The molecule has 0 unspecified atom stereocenters. The monoisotopic (exact) mass is 331 g/mol. The number of ether oxygens (including phenoxy) is 1. The fourth-order valence-electron chi connectivity index (χ4n) is 2.78. The number of amides is 1. The molecule has 1 amide bonds. The third-order valence-electron chi connectivity index (χ3n) is 4.00. The first-order chi connectivity index (χ1) is 11.1. The van der Waals surface area contributed by atoms with Crippen LogP contribution in [0.1, 0.15) is 27.5 Å². The lowest BCUT2D eigenvalue weighted by molar-refractivity contribution is 0.0714. The van der Waals surface area contributed by atoms with Crippen molar-refractivity contribution in [1.82, 2.24) is 20.3 Å². The molecule has 0 aliphatic carbocycles. The van der Waals surface area contributed by atoms with Crippen LogP contribution in [0.3, 0.4) is 0 Å². The highest BCUT2D eigenvalue weighted by Gasteiger charge is 2.38. The van der Waals surface area contributed by atoms with Crippen LogP contribution in [0.5, 0.6) is 0 Å². The third kappa shape index (κ3) is 2.91. The fraction of sp³-hybridized carbons (Fsp3) is 0.333. The number of nitrogens with one attached hydrogen (secondary N) is 1. The first-order valence-electron chi connectivity index (χ1n) is 7.01. The summed E-state index contributed by atoms with van der Waals surface area (Å²) in [5.41, 5.74) is 1.47. The third-order valence-corrected chi connectivity index (χ3v) is 4.33. The van der Waals surface area contributed by atoms with Crippen molar-refractivity contribution in [2.45, 2.75) is 12.0 Å². The Bertz CT molecular complexity index is 756. The van der Waals surface area contributed by atoms with Gasteiger partial charge >= 0.3 is 0 Å². The molecule has 1 fully saturated rings. The lowest BCUT2D eigenvalue weighted by Crippen LogP contribution is -2.30. The standard InChI is InChI=1S/C15H14ClN5O2/c1-23-14-8-21(7-11(14)13-6-18-20-19-13)15(22)10-4-9(5-17)2-3-12(10)16/h2-4,6,11,14H,7-8H2,1H3,(H,18,19,20)/t11-,14+/m0/s1. The smallest absolute Gasteiger partial charge is 0.255 e. The number of methoxy groups -OCH3 is 1. The van der Waals surface area contributed by atoms with E-state index in [4.69, 9.17) is 21.6 Å². The molecule has 0 spiro atoms. The van der Waals surface area contributed by atoms with E-state index in [1.165, 1.54) is 6.07 Å². The molecule has 0 bridgehead atoms. The summed E-state index contributed by atoms with van der Waals surface area (Å²) in [4.78, 5) is 14.4. The molecular weight excluding hydrogens is 318 g/mol. The Hall–Kier alpha value is -2.43. The molecule has 2 heterocycles. The van der Waals surface area contributed by atoms with Crippen LogP contribution >= 0.6 is 11.6 Å². The van der Waals surface area contributed by atoms with Crippen molar-refractivity contribution in [2.24, 2.45) is 0 Å². The number of nitriles is 1. The summed E-state index contributed by atoms with van der Waals surface area (Å²) in [5.74, 6) is -0.277. The summed E-state index contributed by atoms with van der Waals surface area (Å²) in [6, 6.07) is 6.67. The summed E-state index contributed by atoms with van der Waals surface area (Å²) < 4.78 is 5.48. The number of carbonyl (C=O) groups is 1. The zero-order chi connectivity index (χ0) is 16.4. The Morgan fingerprint density at radius 1 is 1.52 bits per heavy atom. The average molecular weight is 332 g/mol. The van der Waals surface area contributed by atoms with Gasteiger partial charge in [0.1, 0.15) is 0 Å². The van der Waals surface area contributed by atoms with Gasteiger partial charge in [0.2, 0.25) is 0 Å². The SMILES string of the molecule is CO[C@@H]1CN(C(=O)c2cc(C#N)ccc2Cl)C[C@H]1c1cn[nH]n1. The summed E-state index contributed by atoms with van der Waals surface area (Å²) in [5, 5.41) is 19.8. The quantitative estimate of drug-likeness (QED) is 0.921. The molecule has 3 rings (SSSR count). The van der Waals surface area contributed by atoms with Crippen molar-refractivity contribution in [1.29, 1.82) is 5.26 Å². The molecule has 0 radical (unpaired) electrons. The topological polar surface area (TPSA) is 94.9 Å². The number of halogens is 1. The van der Waals surface area contributed by atoms with Crippen LogP contribution in [-0.2, 0) is 4.74 Å². The highest BCUT2D eigenvalue weighted by atomic mass is 35.5. The maximum atomic E-state index is 12.7. The predicted octanol–water partition coefficient (Wildman–Crippen LogP) is 1.58. The van der Waals surface area contributed by atoms with Crippen LogP contribution in [0.25, 0.3) is 0 Å². The number of nitrogens with zero attached hydrogens (tertiary/aromatic N) is 4. The Morgan fingerprint density at radius 2 is 2.35 bits per heavy atom. The van der Waals surface area contributed by atoms with E-state index in [9.17, 15) is 4.79 Å². The van der Waals surface area contributed by atoms with Gasteiger partial charge in [0, 0.05) is 20.2 Å². The number of aromatic amines is 1. The van der Waals surface area contributed by atoms with Crippen LogP contribution in [0.2, 0.25) is 5.02 Å². The molecular formula is C15H14ClN5O2. The second-order valence-corrected chi connectivity index (χ2v) is 5.70. The molecule has 1 aromatic heterocycles. The van der Waals surface area contributed by atoms with Gasteiger partial charge in [-0.3, -0.25) is 4.79 Å². The van der Waals surface area contributed by atoms with Gasteiger partial charge in [-0.2, -0.15) is 20.7 Å². The summed E-state index contributed by atoms with van der Waals surface area (Å²) >= 11 is 6.12. The van der Waals surface area contributed by atoms with E-state index < -0.39 is 0 Å². The Kier molecular flexibility index (Phi) is 4.28. The highest BCUT2D eigenvalue weighted by molar-refractivity contribution is 6.33. The normalized spacial score (nSPS) is 20.5. The van der Waals surface area contributed by atoms with Crippen LogP contribution in [-0.4, -0.2) is 52.5 Å². The van der Waals surface area contributed by atoms with E-state index >= 15 is 0 Å². The molecule has 1 saturated heterocycles. The highest BCUT2D eigenvalue weighted by Crippen LogP contribution is 2.30. The van der Waals surface area contributed by atoms with Gasteiger partial charge < -0.3 is 9.64 Å². The van der Waals surface area contributed by atoms with E-state index in [1.807, 2.05) is 6.07 Å². The van der Waals surface area contributed by atoms with Gasteiger partial charge in [0.05, 0.1) is 46.1 Å². The van der Waals surface area contributed by atoms with Gasteiger partial charge in [0.25, 0.3) is 5.91 Å². The molecule has 23 heavy (non-hydrogen) atoms. The van der Waals surface area contributed by atoms with Gasteiger partial charge in [-0.1, -0.05) is 11.6 Å².